The Bertz CT molecular complexity index is 1110. The molecule has 1 aromatic carbocycles. The van der Waals surface area contributed by atoms with Gasteiger partial charge in [0.25, 0.3) is 0 Å². The number of nitrogens with two attached hydrogens (primary N) is 1. The molecule has 1 fully saturated rings. The fourth-order valence-corrected chi connectivity index (χ4v) is 3.85. The third kappa shape index (κ3) is 4.35. The Labute approximate surface area is 174 Å². The van der Waals surface area contributed by atoms with Crippen molar-refractivity contribution in [3.05, 3.63) is 54.1 Å². The van der Waals surface area contributed by atoms with Crippen LogP contribution in [-0.4, -0.2) is 46.2 Å². The third-order valence-corrected chi connectivity index (χ3v) is 5.28. The molecule has 0 spiro atoms. The highest BCUT2D eigenvalue weighted by Crippen LogP contribution is 2.33. The molecule has 162 valence electrons. The summed E-state index contributed by atoms with van der Waals surface area (Å²) in [6.07, 6.45) is -3.29. The lowest BCUT2D eigenvalue weighted by atomic mass is 9.85. The molecule has 1 saturated heterocycles. The summed E-state index contributed by atoms with van der Waals surface area (Å²) in [6.45, 7) is 0.525. The number of hydrogen-bond donors (Lipinski definition) is 2. The summed E-state index contributed by atoms with van der Waals surface area (Å²) in [5, 5.41) is 2.70. The van der Waals surface area contributed by atoms with Crippen LogP contribution in [-0.2, 0) is 4.79 Å². The van der Waals surface area contributed by atoms with Crippen molar-refractivity contribution in [1.82, 2.24) is 20.3 Å². The van der Waals surface area contributed by atoms with E-state index in [0.717, 1.165) is 0 Å². The van der Waals surface area contributed by atoms with E-state index in [0.29, 0.717) is 35.4 Å². The van der Waals surface area contributed by atoms with E-state index in [9.17, 15) is 22.4 Å². The first-order chi connectivity index (χ1) is 14.7. The summed E-state index contributed by atoms with van der Waals surface area (Å²) in [4.78, 5) is 26.0. The van der Waals surface area contributed by atoms with Gasteiger partial charge in [-0.05, 0) is 36.2 Å². The summed E-state index contributed by atoms with van der Waals surface area (Å²) in [6, 6.07) is 7.95. The van der Waals surface area contributed by atoms with Crippen molar-refractivity contribution in [2.75, 3.05) is 23.7 Å². The van der Waals surface area contributed by atoms with Crippen molar-refractivity contribution in [2.24, 2.45) is 0 Å². The maximum absolute atomic E-state index is 13.3. The van der Waals surface area contributed by atoms with Crippen LogP contribution < -0.4 is 16.0 Å². The Balaban J connectivity index is 1.66. The number of hydrogen-bond acceptors (Lipinski definition) is 6. The van der Waals surface area contributed by atoms with Crippen molar-refractivity contribution < 1.29 is 22.4 Å². The number of pyridine rings is 1. The zero-order valence-electron chi connectivity index (χ0n) is 16.1. The number of nitrogen functional groups attached to an aromatic ring is 1. The summed E-state index contributed by atoms with van der Waals surface area (Å²) in [5.41, 5.74) is 6.71. The fourth-order valence-electron chi connectivity index (χ4n) is 3.85. The first-order valence-electron chi connectivity index (χ1n) is 9.47. The van der Waals surface area contributed by atoms with Gasteiger partial charge in [-0.25, -0.2) is 19.3 Å². The number of carbonyl (C=O) groups is 1. The minimum absolute atomic E-state index is 0.0698. The number of aromatic nitrogens is 3. The van der Waals surface area contributed by atoms with E-state index in [1.807, 2.05) is 0 Å². The minimum Gasteiger partial charge on any atom is -0.384 e. The quantitative estimate of drug-likeness (QED) is 0.616. The number of halogens is 4. The molecule has 2 atom stereocenters. The van der Waals surface area contributed by atoms with Crippen LogP contribution in [0.1, 0.15) is 17.9 Å². The van der Waals surface area contributed by atoms with Gasteiger partial charge in [-0.2, -0.15) is 13.2 Å². The topological polar surface area (TPSA) is 97.0 Å². The average molecular weight is 434 g/mol. The molecule has 7 nitrogen and oxygen atoms in total. The van der Waals surface area contributed by atoms with E-state index in [-0.39, 0.29) is 12.4 Å². The molecule has 3 heterocycles. The fraction of sp³-hybridized carbons (Fsp3) is 0.300. The molecule has 1 aliphatic heterocycles. The Kier molecular flexibility index (Phi) is 5.34. The van der Waals surface area contributed by atoms with Crippen molar-refractivity contribution in [3.8, 4) is 0 Å². The smallest absolute Gasteiger partial charge is 0.384 e. The second-order valence-corrected chi connectivity index (χ2v) is 7.28. The van der Waals surface area contributed by atoms with E-state index in [4.69, 9.17) is 5.73 Å². The van der Waals surface area contributed by atoms with Crippen LogP contribution in [0.2, 0.25) is 0 Å². The van der Waals surface area contributed by atoms with Crippen molar-refractivity contribution in [2.45, 2.75) is 24.6 Å². The Morgan fingerprint density at radius 1 is 1.13 bits per heavy atom. The summed E-state index contributed by atoms with van der Waals surface area (Å²) in [7, 11) is 0. The molecule has 2 unspecified atom stereocenters. The molecular formula is C20H18F4N6O. The van der Waals surface area contributed by atoms with Crippen LogP contribution in [0.4, 0.5) is 29.2 Å². The second-order valence-electron chi connectivity index (χ2n) is 7.28. The Hall–Kier alpha value is -3.50. The number of fused-ring (bicyclic) bond motifs is 1. The number of alkyl halides is 3. The van der Waals surface area contributed by atoms with Crippen molar-refractivity contribution in [1.29, 1.82) is 0 Å². The standard InChI is InChI=1S/C20H18F4N6O/c21-12-3-1-11(2-4-12)13-7-8-30(9-15(13)28-19(31)20(22,23)24)18-14-5-6-16(25)29-17(14)26-10-27-18/h1-6,10,13,15H,7-9H2,(H,28,31)(H2,25,26,27,29). The summed E-state index contributed by atoms with van der Waals surface area (Å²) >= 11 is 0. The molecule has 1 amide bonds. The molecule has 2 aromatic heterocycles. The zero-order valence-corrected chi connectivity index (χ0v) is 16.1. The lowest BCUT2D eigenvalue weighted by Gasteiger charge is -2.40. The van der Waals surface area contributed by atoms with Gasteiger partial charge in [-0.1, -0.05) is 12.1 Å². The number of rotatable bonds is 3. The van der Waals surface area contributed by atoms with E-state index in [2.05, 4.69) is 20.3 Å². The number of nitrogens with one attached hydrogen (secondary N) is 1. The summed E-state index contributed by atoms with van der Waals surface area (Å²) < 4.78 is 52.1. The Morgan fingerprint density at radius 2 is 1.87 bits per heavy atom. The normalized spacial score (nSPS) is 19.4. The lowest BCUT2D eigenvalue weighted by Crippen LogP contribution is -2.54. The average Bonchev–Trinajstić information content (AvgIpc) is 2.73. The van der Waals surface area contributed by atoms with Gasteiger partial charge in [0.1, 0.15) is 23.8 Å². The number of carbonyl (C=O) groups excluding carboxylic acids is 1. The summed E-state index contributed by atoms with van der Waals surface area (Å²) in [5.74, 6) is -2.13. The molecule has 3 aromatic rings. The molecule has 4 rings (SSSR count). The van der Waals surface area contributed by atoms with E-state index < -0.39 is 29.9 Å². The van der Waals surface area contributed by atoms with Gasteiger partial charge in [0.2, 0.25) is 0 Å². The molecule has 0 bridgehead atoms. The third-order valence-electron chi connectivity index (χ3n) is 5.28. The van der Waals surface area contributed by atoms with E-state index >= 15 is 0 Å². The monoisotopic (exact) mass is 434 g/mol. The SMILES string of the molecule is Nc1ccc2c(N3CCC(c4ccc(F)cc4)C(NC(=O)C(F)(F)F)C3)ncnc2n1. The van der Waals surface area contributed by atoms with E-state index in [1.54, 1.807) is 17.0 Å². The Morgan fingerprint density at radius 3 is 2.58 bits per heavy atom. The maximum atomic E-state index is 13.3. The molecule has 0 aliphatic carbocycles. The zero-order chi connectivity index (χ0) is 22.2. The predicted octanol–water partition coefficient (Wildman–Crippen LogP) is 2.79. The molecule has 1 aliphatic rings. The lowest BCUT2D eigenvalue weighted by molar-refractivity contribution is -0.174. The highest BCUT2D eigenvalue weighted by molar-refractivity contribution is 5.88. The molecule has 31 heavy (non-hydrogen) atoms. The number of nitrogens with zero attached hydrogens (tertiary/aromatic N) is 4. The van der Waals surface area contributed by atoms with Crippen LogP contribution in [0.5, 0.6) is 0 Å². The van der Waals surface area contributed by atoms with Gasteiger partial charge in [0.15, 0.2) is 5.65 Å². The predicted molar refractivity (Wildman–Crippen MR) is 106 cm³/mol. The van der Waals surface area contributed by atoms with Crippen LogP contribution in [0.25, 0.3) is 11.0 Å². The van der Waals surface area contributed by atoms with Gasteiger partial charge in [-0.3, -0.25) is 4.79 Å². The minimum atomic E-state index is -5.02. The molecule has 0 radical (unpaired) electrons. The van der Waals surface area contributed by atoms with Crippen LogP contribution in [0, 0.1) is 5.82 Å². The van der Waals surface area contributed by atoms with Gasteiger partial charge in [-0.15, -0.1) is 0 Å². The largest absolute Gasteiger partial charge is 0.471 e. The maximum Gasteiger partial charge on any atom is 0.471 e. The molecule has 0 saturated carbocycles. The number of piperidine rings is 1. The molecule has 3 N–H and O–H groups in total. The van der Waals surface area contributed by atoms with Gasteiger partial charge in [0.05, 0.1) is 11.4 Å². The number of anilines is 2. The highest BCUT2D eigenvalue weighted by Gasteiger charge is 2.42. The van der Waals surface area contributed by atoms with Crippen molar-refractivity contribution in [3.63, 3.8) is 0 Å². The number of benzene rings is 1. The molecular weight excluding hydrogens is 416 g/mol. The van der Waals surface area contributed by atoms with Gasteiger partial charge < -0.3 is 16.0 Å². The number of amides is 1. The van der Waals surface area contributed by atoms with E-state index in [1.165, 1.54) is 30.6 Å². The molecule has 11 heteroatoms. The first-order valence-corrected chi connectivity index (χ1v) is 9.47. The van der Waals surface area contributed by atoms with Crippen LogP contribution in [0.3, 0.4) is 0 Å². The van der Waals surface area contributed by atoms with Crippen LogP contribution >= 0.6 is 0 Å². The van der Waals surface area contributed by atoms with Crippen LogP contribution in [0.15, 0.2) is 42.7 Å². The van der Waals surface area contributed by atoms with Crippen molar-refractivity contribution >= 4 is 28.6 Å². The highest BCUT2D eigenvalue weighted by atomic mass is 19.4. The van der Waals surface area contributed by atoms with Gasteiger partial charge in [0, 0.05) is 19.0 Å². The second kappa shape index (κ2) is 7.97. The first kappa shape index (κ1) is 20.8. The van der Waals surface area contributed by atoms with Gasteiger partial charge >= 0.3 is 12.1 Å².